The highest BCUT2D eigenvalue weighted by atomic mass is 32.2. The van der Waals surface area contributed by atoms with E-state index in [2.05, 4.69) is 5.32 Å². The number of hydrogen-bond donors (Lipinski definition) is 1. The lowest BCUT2D eigenvalue weighted by Gasteiger charge is -2.24. The lowest BCUT2D eigenvalue weighted by molar-refractivity contribution is -0.141. The predicted octanol–water partition coefficient (Wildman–Crippen LogP) is 2.97. The summed E-state index contributed by atoms with van der Waals surface area (Å²) in [5, 5.41) is 2.58. The first-order chi connectivity index (χ1) is 13.3. The molecule has 7 nitrogen and oxygen atoms in total. The SMILES string of the molecule is CCOC(=O)CN(c1ccc(CC)cc1)S(=O)(=O)c1ccc(NC(C)=O)cc1. The molecular weight excluding hydrogens is 380 g/mol. The summed E-state index contributed by atoms with van der Waals surface area (Å²) in [6.07, 6.45) is 0.815. The zero-order valence-electron chi connectivity index (χ0n) is 16.1. The van der Waals surface area contributed by atoms with E-state index in [-0.39, 0.29) is 17.4 Å². The first kappa shape index (κ1) is 21.4. The summed E-state index contributed by atoms with van der Waals surface area (Å²) < 4.78 is 32.3. The Morgan fingerprint density at radius 3 is 2.11 bits per heavy atom. The van der Waals surface area contributed by atoms with Gasteiger partial charge in [0, 0.05) is 12.6 Å². The molecule has 0 aliphatic carbocycles. The van der Waals surface area contributed by atoms with Gasteiger partial charge in [-0.3, -0.25) is 13.9 Å². The third-order valence-electron chi connectivity index (χ3n) is 3.97. The second kappa shape index (κ2) is 9.36. The average molecular weight is 404 g/mol. The number of nitrogens with one attached hydrogen (secondary N) is 1. The zero-order valence-corrected chi connectivity index (χ0v) is 17.0. The second-order valence-corrected chi connectivity index (χ2v) is 7.90. The molecule has 0 bridgehead atoms. The van der Waals surface area contributed by atoms with Gasteiger partial charge in [-0.05, 0) is 55.3 Å². The van der Waals surface area contributed by atoms with E-state index < -0.39 is 22.5 Å². The van der Waals surface area contributed by atoms with Gasteiger partial charge in [-0.1, -0.05) is 19.1 Å². The second-order valence-electron chi connectivity index (χ2n) is 6.04. The Balaban J connectivity index is 2.41. The van der Waals surface area contributed by atoms with Crippen molar-refractivity contribution in [3.05, 3.63) is 54.1 Å². The molecule has 0 atom stereocenters. The number of sulfonamides is 1. The molecule has 28 heavy (non-hydrogen) atoms. The Hall–Kier alpha value is -2.87. The van der Waals surface area contributed by atoms with Crippen molar-refractivity contribution < 1.29 is 22.7 Å². The predicted molar refractivity (Wildman–Crippen MR) is 108 cm³/mol. The number of carbonyl (C=O) groups excluding carboxylic acids is 2. The van der Waals surface area contributed by atoms with Crippen LogP contribution in [0, 0.1) is 0 Å². The number of amides is 1. The molecule has 0 radical (unpaired) electrons. The lowest BCUT2D eigenvalue weighted by atomic mass is 10.1. The molecule has 0 spiro atoms. The minimum atomic E-state index is -4.01. The van der Waals surface area contributed by atoms with Gasteiger partial charge in [0.25, 0.3) is 10.0 Å². The van der Waals surface area contributed by atoms with Crippen molar-refractivity contribution in [3.8, 4) is 0 Å². The molecule has 0 aromatic heterocycles. The number of nitrogens with zero attached hydrogens (tertiary/aromatic N) is 1. The number of ether oxygens (including phenoxy) is 1. The molecule has 2 rings (SSSR count). The minimum absolute atomic E-state index is 0.00506. The van der Waals surface area contributed by atoms with E-state index in [1.807, 2.05) is 19.1 Å². The van der Waals surface area contributed by atoms with E-state index in [9.17, 15) is 18.0 Å². The van der Waals surface area contributed by atoms with Crippen LogP contribution in [0.4, 0.5) is 11.4 Å². The average Bonchev–Trinajstić information content (AvgIpc) is 2.66. The van der Waals surface area contributed by atoms with Crippen LogP contribution in [0.1, 0.15) is 26.3 Å². The van der Waals surface area contributed by atoms with Crippen LogP contribution >= 0.6 is 0 Å². The van der Waals surface area contributed by atoms with Gasteiger partial charge in [0.15, 0.2) is 0 Å². The smallest absolute Gasteiger partial charge is 0.326 e. The molecule has 0 saturated carbocycles. The molecule has 2 aromatic carbocycles. The van der Waals surface area contributed by atoms with Crippen LogP contribution in [-0.4, -0.2) is 33.4 Å². The number of esters is 1. The minimum Gasteiger partial charge on any atom is -0.465 e. The van der Waals surface area contributed by atoms with Crippen LogP contribution in [0.25, 0.3) is 0 Å². The van der Waals surface area contributed by atoms with Gasteiger partial charge in [0.05, 0.1) is 17.2 Å². The summed E-state index contributed by atoms with van der Waals surface area (Å²) in [5.41, 5.74) is 1.91. The van der Waals surface area contributed by atoms with Crippen LogP contribution in [0.3, 0.4) is 0 Å². The van der Waals surface area contributed by atoms with Crippen LogP contribution in [0.5, 0.6) is 0 Å². The van der Waals surface area contributed by atoms with Crippen LogP contribution in [0.2, 0.25) is 0 Å². The number of benzene rings is 2. The van der Waals surface area contributed by atoms with Crippen molar-refractivity contribution in [1.29, 1.82) is 0 Å². The quantitative estimate of drug-likeness (QED) is 0.683. The molecule has 0 aliphatic rings. The van der Waals surface area contributed by atoms with Crippen LogP contribution in [-0.2, 0) is 30.8 Å². The van der Waals surface area contributed by atoms with Crippen molar-refractivity contribution in [3.63, 3.8) is 0 Å². The van der Waals surface area contributed by atoms with Crippen molar-refractivity contribution in [1.82, 2.24) is 0 Å². The van der Waals surface area contributed by atoms with Crippen molar-refractivity contribution >= 4 is 33.3 Å². The molecule has 1 N–H and O–H groups in total. The Labute approximate surface area is 165 Å². The first-order valence-corrected chi connectivity index (χ1v) is 10.4. The molecule has 8 heteroatoms. The summed E-state index contributed by atoms with van der Waals surface area (Å²) in [5.74, 6) is -0.893. The third-order valence-corrected chi connectivity index (χ3v) is 5.76. The van der Waals surface area contributed by atoms with Gasteiger partial charge < -0.3 is 10.1 Å². The Morgan fingerprint density at radius 1 is 1.00 bits per heavy atom. The first-order valence-electron chi connectivity index (χ1n) is 8.92. The van der Waals surface area contributed by atoms with E-state index in [1.165, 1.54) is 31.2 Å². The summed E-state index contributed by atoms with van der Waals surface area (Å²) in [6, 6.07) is 12.8. The normalized spacial score (nSPS) is 11.0. The Morgan fingerprint density at radius 2 is 1.61 bits per heavy atom. The summed E-state index contributed by atoms with van der Waals surface area (Å²) in [4.78, 5) is 23.2. The number of anilines is 2. The topological polar surface area (TPSA) is 92.8 Å². The lowest BCUT2D eigenvalue weighted by Crippen LogP contribution is -2.36. The fourth-order valence-electron chi connectivity index (χ4n) is 2.58. The van der Waals surface area contributed by atoms with Gasteiger partial charge >= 0.3 is 5.97 Å². The maximum Gasteiger partial charge on any atom is 0.326 e. The summed E-state index contributed by atoms with van der Waals surface area (Å²) in [6.45, 7) is 4.75. The highest BCUT2D eigenvalue weighted by Crippen LogP contribution is 2.25. The highest BCUT2D eigenvalue weighted by Gasteiger charge is 2.27. The van der Waals surface area contributed by atoms with E-state index in [1.54, 1.807) is 19.1 Å². The molecule has 0 heterocycles. The molecule has 2 aromatic rings. The monoisotopic (exact) mass is 404 g/mol. The highest BCUT2D eigenvalue weighted by molar-refractivity contribution is 7.92. The third kappa shape index (κ3) is 5.32. The Kier molecular flexibility index (Phi) is 7.17. The van der Waals surface area contributed by atoms with Crippen LogP contribution in [0.15, 0.2) is 53.4 Å². The number of hydrogen-bond acceptors (Lipinski definition) is 5. The standard InChI is InChI=1S/C20H24N2O5S/c1-4-16-6-10-18(11-7-16)22(14-20(24)27-5-2)28(25,26)19-12-8-17(9-13-19)21-15(3)23/h6-13H,4-5,14H2,1-3H3,(H,21,23). The summed E-state index contributed by atoms with van der Waals surface area (Å²) >= 11 is 0. The van der Waals surface area contributed by atoms with Gasteiger partial charge in [-0.2, -0.15) is 0 Å². The van der Waals surface area contributed by atoms with E-state index in [4.69, 9.17) is 4.74 Å². The number of rotatable bonds is 8. The summed E-state index contributed by atoms with van der Waals surface area (Å²) in [7, 11) is -4.01. The molecule has 1 amide bonds. The molecule has 0 unspecified atom stereocenters. The van der Waals surface area contributed by atoms with Gasteiger partial charge in [0.1, 0.15) is 6.54 Å². The molecule has 0 fully saturated rings. The van der Waals surface area contributed by atoms with E-state index >= 15 is 0 Å². The Bertz CT molecular complexity index is 922. The van der Waals surface area contributed by atoms with Gasteiger partial charge in [0.2, 0.25) is 5.91 Å². The molecule has 0 aliphatic heterocycles. The fraction of sp³-hybridized carbons (Fsp3) is 0.300. The van der Waals surface area contributed by atoms with Crippen molar-refractivity contribution in [2.45, 2.75) is 32.1 Å². The maximum absolute atomic E-state index is 13.2. The van der Waals surface area contributed by atoms with E-state index in [0.717, 1.165) is 16.3 Å². The van der Waals surface area contributed by atoms with E-state index in [0.29, 0.717) is 11.4 Å². The zero-order chi connectivity index (χ0) is 20.7. The van der Waals surface area contributed by atoms with Crippen molar-refractivity contribution in [2.24, 2.45) is 0 Å². The maximum atomic E-state index is 13.2. The number of carbonyl (C=O) groups is 2. The fourth-order valence-corrected chi connectivity index (χ4v) is 3.99. The largest absolute Gasteiger partial charge is 0.465 e. The molecular formula is C20H24N2O5S. The number of aryl methyl sites for hydroxylation is 1. The molecule has 0 saturated heterocycles. The van der Waals surface area contributed by atoms with Crippen molar-refractivity contribution in [2.75, 3.05) is 22.8 Å². The van der Waals surface area contributed by atoms with Crippen LogP contribution < -0.4 is 9.62 Å². The van der Waals surface area contributed by atoms with Gasteiger partial charge in [-0.15, -0.1) is 0 Å². The molecule has 150 valence electrons. The van der Waals surface area contributed by atoms with Gasteiger partial charge in [-0.25, -0.2) is 8.42 Å².